The Labute approximate surface area is 108 Å². The van der Waals surface area contributed by atoms with Gasteiger partial charge in [0, 0.05) is 5.56 Å². The third-order valence-electron chi connectivity index (χ3n) is 2.99. The van der Waals surface area contributed by atoms with Gasteiger partial charge in [-0.05, 0) is 22.5 Å². The maximum atomic E-state index is 12.1. The van der Waals surface area contributed by atoms with Crippen LogP contribution in [0.2, 0.25) is 0 Å². The van der Waals surface area contributed by atoms with Crippen LogP contribution in [0.5, 0.6) is 5.48 Å². The van der Waals surface area contributed by atoms with E-state index in [9.17, 15) is 5.11 Å². The van der Waals surface area contributed by atoms with Crippen molar-refractivity contribution in [3.05, 3.63) is 66.5 Å². The van der Waals surface area contributed by atoms with E-state index in [1.807, 2.05) is 48.5 Å². The first-order valence-corrected chi connectivity index (χ1v) is 6.93. The van der Waals surface area contributed by atoms with Crippen LogP contribution in [0.4, 0.5) is 0 Å². The number of hydrogen-bond acceptors (Lipinski definition) is 0. The number of rotatable bonds is 2. The summed E-state index contributed by atoms with van der Waals surface area (Å²) >= 11 is 0. The van der Waals surface area contributed by atoms with Crippen molar-refractivity contribution < 1.29 is 5.11 Å². The van der Waals surface area contributed by atoms with Crippen molar-refractivity contribution in [3.8, 4) is 27.7 Å². The lowest BCUT2D eigenvalue weighted by molar-refractivity contribution is 0.370. The van der Waals surface area contributed by atoms with Gasteiger partial charge in [-0.25, -0.2) is 0 Å². The molecule has 2 aromatic carbocycles. The van der Waals surface area contributed by atoms with Gasteiger partial charge in [0.2, 0.25) is 5.48 Å². The molecule has 0 N–H and O–H groups in total. The molecule has 3 aromatic rings. The van der Waals surface area contributed by atoms with Crippen LogP contribution in [0.15, 0.2) is 66.5 Å². The minimum absolute atomic E-state index is 0.236. The fraction of sp³-hybridized carbons (Fsp3) is 0. The second kappa shape index (κ2) is 4.72. The highest BCUT2D eigenvalue weighted by atomic mass is 31.0. The molecule has 0 aliphatic carbocycles. The normalized spacial score (nSPS) is 10.9. The van der Waals surface area contributed by atoms with E-state index in [-0.39, 0.29) is 13.7 Å². The van der Waals surface area contributed by atoms with E-state index in [1.165, 1.54) is 0 Å². The smallest absolute Gasteiger partial charge is 0.201 e. The Morgan fingerprint density at radius 2 is 1.28 bits per heavy atom. The van der Waals surface area contributed by atoms with E-state index in [1.54, 1.807) is 0 Å². The molecule has 1 nitrogen and oxygen atoms in total. The van der Waals surface area contributed by atoms with Gasteiger partial charge >= 0.3 is 0 Å². The highest BCUT2D eigenvalue weighted by Crippen LogP contribution is 2.46. The van der Waals surface area contributed by atoms with Gasteiger partial charge in [-0.1, -0.05) is 68.9 Å². The Hall–Kier alpha value is -1.98. The molecule has 1 heterocycles. The van der Waals surface area contributed by atoms with Crippen molar-refractivity contribution in [2.24, 2.45) is 0 Å². The molecule has 1 atom stereocenters. The first-order chi connectivity index (χ1) is 8.86. The van der Waals surface area contributed by atoms with E-state index in [0.29, 0.717) is 0 Å². The van der Waals surface area contributed by atoms with E-state index in [4.69, 9.17) is 0 Å². The minimum Gasteiger partial charge on any atom is -0.285 e. The minimum atomic E-state index is 0.236. The molecule has 0 spiro atoms. The standard InChI is InChI=1S/C16H12OP/c17-16-15(13-9-5-2-6-10-13)14(11-18-16)12-7-3-1-4-8-12/h1-11,18H. The maximum Gasteiger partial charge on any atom is 0.201 e. The third kappa shape index (κ3) is 1.94. The summed E-state index contributed by atoms with van der Waals surface area (Å²) in [4.78, 5) is 0. The van der Waals surface area contributed by atoms with Crippen molar-refractivity contribution in [2.45, 2.75) is 0 Å². The highest BCUT2D eigenvalue weighted by molar-refractivity contribution is 7.32. The molecule has 2 heteroatoms. The van der Waals surface area contributed by atoms with Crippen molar-refractivity contribution in [2.75, 3.05) is 0 Å². The van der Waals surface area contributed by atoms with Crippen LogP contribution in [-0.4, -0.2) is 0 Å². The zero-order valence-electron chi connectivity index (χ0n) is 9.76. The summed E-state index contributed by atoms with van der Waals surface area (Å²) in [6.07, 6.45) is 0. The van der Waals surface area contributed by atoms with Crippen LogP contribution in [0, 0.1) is 0 Å². The second-order valence-electron chi connectivity index (χ2n) is 4.14. The van der Waals surface area contributed by atoms with E-state index in [0.717, 1.165) is 22.3 Å². The molecule has 0 saturated heterocycles. The first-order valence-electron chi connectivity index (χ1n) is 5.85. The lowest BCUT2D eigenvalue weighted by Crippen LogP contribution is -1.79. The van der Waals surface area contributed by atoms with Gasteiger partial charge in [0.1, 0.15) is 0 Å². The van der Waals surface area contributed by atoms with Gasteiger partial charge in [-0.3, -0.25) is 5.11 Å². The Balaban J connectivity index is 2.19. The summed E-state index contributed by atoms with van der Waals surface area (Å²) < 4.78 is 0. The molecule has 1 aromatic heterocycles. The largest absolute Gasteiger partial charge is 0.285 e. The highest BCUT2D eigenvalue weighted by Gasteiger charge is 2.14. The molecule has 0 aliphatic rings. The quantitative estimate of drug-likeness (QED) is 0.597. The fourth-order valence-corrected chi connectivity index (χ4v) is 3.15. The van der Waals surface area contributed by atoms with Gasteiger partial charge in [-0.2, -0.15) is 0 Å². The van der Waals surface area contributed by atoms with Crippen molar-refractivity contribution >= 4 is 8.19 Å². The third-order valence-corrected chi connectivity index (χ3v) is 3.94. The monoisotopic (exact) mass is 251 g/mol. The lowest BCUT2D eigenvalue weighted by Gasteiger charge is -2.05. The molecular formula is C16H12OP. The molecule has 0 aliphatic heterocycles. The van der Waals surface area contributed by atoms with Crippen molar-refractivity contribution in [1.82, 2.24) is 0 Å². The van der Waals surface area contributed by atoms with Gasteiger partial charge in [0.25, 0.3) is 0 Å². The average molecular weight is 251 g/mol. The second-order valence-corrected chi connectivity index (χ2v) is 5.17. The molecule has 3 rings (SSSR count). The lowest BCUT2D eigenvalue weighted by atomic mass is 9.99. The van der Waals surface area contributed by atoms with Crippen LogP contribution in [0.1, 0.15) is 0 Å². The number of hydrogen-bond donors (Lipinski definition) is 0. The molecule has 0 saturated carbocycles. The summed E-state index contributed by atoms with van der Waals surface area (Å²) in [6, 6.07) is 20.0. The predicted octanol–water partition coefficient (Wildman–Crippen LogP) is 5.20. The SMILES string of the molecule is [O]c1[pH]cc(-c2ccccc2)c1-c1ccccc1. The van der Waals surface area contributed by atoms with Crippen LogP contribution in [0.25, 0.3) is 22.3 Å². The fourth-order valence-electron chi connectivity index (χ4n) is 2.14. The van der Waals surface area contributed by atoms with E-state index < -0.39 is 0 Å². The molecule has 0 bridgehead atoms. The summed E-state index contributed by atoms with van der Waals surface area (Å²) in [5.74, 6) is 2.06. The molecular weight excluding hydrogens is 239 g/mol. The van der Waals surface area contributed by atoms with E-state index >= 15 is 0 Å². The summed E-state index contributed by atoms with van der Waals surface area (Å²) in [5.41, 5.74) is 4.31. The van der Waals surface area contributed by atoms with Gasteiger partial charge in [0.15, 0.2) is 0 Å². The molecule has 18 heavy (non-hydrogen) atoms. The molecule has 1 unspecified atom stereocenters. The Morgan fingerprint density at radius 3 is 1.89 bits per heavy atom. The van der Waals surface area contributed by atoms with Crippen LogP contribution < -0.4 is 0 Å². The van der Waals surface area contributed by atoms with Crippen LogP contribution >= 0.6 is 8.19 Å². The van der Waals surface area contributed by atoms with Crippen LogP contribution in [-0.2, 0) is 5.11 Å². The maximum absolute atomic E-state index is 12.1. The Bertz CT molecular complexity index is 641. The van der Waals surface area contributed by atoms with Crippen molar-refractivity contribution in [3.63, 3.8) is 0 Å². The van der Waals surface area contributed by atoms with Gasteiger partial charge in [0.05, 0.1) is 0 Å². The topological polar surface area (TPSA) is 19.9 Å². The zero-order chi connectivity index (χ0) is 12.4. The van der Waals surface area contributed by atoms with Gasteiger partial charge < -0.3 is 0 Å². The summed E-state index contributed by atoms with van der Waals surface area (Å²) in [5, 5.41) is 12.1. The molecule has 0 fully saturated rings. The summed E-state index contributed by atoms with van der Waals surface area (Å²) in [6.45, 7) is 0. The van der Waals surface area contributed by atoms with Gasteiger partial charge in [-0.15, -0.1) is 0 Å². The van der Waals surface area contributed by atoms with Crippen molar-refractivity contribution in [1.29, 1.82) is 0 Å². The Kier molecular flexibility index (Phi) is 2.92. The average Bonchev–Trinajstić information content (AvgIpc) is 2.83. The first kappa shape index (κ1) is 11.1. The zero-order valence-corrected chi connectivity index (χ0v) is 10.8. The molecule has 0 amide bonds. The summed E-state index contributed by atoms with van der Waals surface area (Å²) in [7, 11) is 0.256. The molecule has 87 valence electrons. The van der Waals surface area contributed by atoms with E-state index in [2.05, 4.69) is 17.9 Å². The predicted molar refractivity (Wildman–Crippen MR) is 76.9 cm³/mol. The molecule has 1 radical (unpaired) electrons. The number of benzene rings is 2. The Morgan fingerprint density at radius 1 is 0.722 bits per heavy atom. The van der Waals surface area contributed by atoms with Crippen LogP contribution in [0.3, 0.4) is 0 Å².